The summed E-state index contributed by atoms with van der Waals surface area (Å²) < 4.78 is 43.2. The molecule has 0 aliphatic carbocycles. The van der Waals surface area contributed by atoms with Crippen LogP contribution in [0.5, 0.6) is 0 Å². The van der Waals surface area contributed by atoms with Gasteiger partial charge in [-0.15, -0.1) is 0 Å². The third kappa shape index (κ3) is 2.28. The van der Waals surface area contributed by atoms with Gasteiger partial charge in [-0.3, -0.25) is 0 Å². The Labute approximate surface area is 163 Å². The van der Waals surface area contributed by atoms with Gasteiger partial charge in [0.15, 0.2) is 0 Å². The largest absolute Gasteiger partial charge is 0.236 e. The van der Waals surface area contributed by atoms with E-state index in [4.69, 9.17) is 6.85 Å². The third-order valence-electron chi connectivity index (χ3n) is 6.09. The van der Waals surface area contributed by atoms with E-state index in [-0.39, 0.29) is 6.17 Å². The molecule has 0 atom stereocenters. The maximum Gasteiger partial charge on any atom is 0.0867 e. The van der Waals surface area contributed by atoms with Crippen molar-refractivity contribution in [1.29, 1.82) is 0 Å². The van der Waals surface area contributed by atoms with Gasteiger partial charge in [0.05, 0.1) is 18.9 Å². The first kappa shape index (κ1) is 12.1. The second-order valence-electron chi connectivity index (χ2n) is 7.97. The molecule has 2 aromatic carbocycles. The molecule has 0 saturated heterocycles. The van der Waals surface area contributed by atoms with Crippen molar-refractivity contribution < 1.29 is 6.85 Å². The molecule has 2 heterocycles. The first-order valence-electron chi connectivity index (χ1n) is 11.5. The number of nitrogens with zero attached hydrogens (tertiary/aromatic N) is 2. The summed E-state index contributed by atoms with van der Waals surface area (Å²) in [6.07, 6.45) is -3.95. The van der Waals surface area contributed by atoms with Crippen LogP contribution in [0.25, 0.3) is 16.8 Å². The van der Waals surface area contributed by atoms with E-state index in [0.29, 0.717) is 5.56 Å². The molecule has 0 bridgehead atoms. The van der Waals surface area contributed by atoms with Crippen LogP contribution in [0.3, 0.4) is 0 Å². The SMILES string of the molecule is [2H]c1nn2c(c1-c1ccccc1)C(C)(C)C(C)(C)c1cc(C([2H])([2H])C([2H])([2H])C)ccc1-2. The van der Waals surface area contributed by atoms with Crippen molar-refractivity contribution in [1.82, 2.24) is 9.78 Å². The minimum atomic E-state index is -2.14. The Morgan fingerprint density at radius 3 is 2.46 bits per heavy atom. The van der Waals surface area contributed by atoms with Crippen LogP contribution in [0.2, 0.25) is 0 Å². The highest BCUT2D eigenvalue weighted by atomic mass is 15.3. The summed E-state index contributed by atoms with van der Waals surface area (Å²) in [4.78, 5) is 0. The van der Waals surface area contributed by atoms with Gasteiger partial charge in [-0.25, -0.2) is 4.68 Å². The number of aryl methyl sites for hydroxylation is 1. The van der Waals surface area contributed by atoms with Crippen LogP contribution in [0.15, 0.2) is 54.7 Å². The van der Waals surface area contributed by atoms with E-state index in [0.717, 1.165) is 28.1 Å². The van der Waals surface area contributed by atoms with E-state index in [9.17, 15) is 0 Å². The molecule has 26 heavy (non-hydrogen) atoms. The summed E-state index contributed by atoms with van der Waals surface area (Å²) in [6, 6.07) is 15.1. The molecule has 134 valence electrons. The highest BCUT2D eigenvalue weighted by molar-refractivity contribution is 5.70. The molecule has 0 unspecified atom stereocenters. The van der Waals surface area contributed by atoms with Crippen molar-refractivity contribution in [3.8, 4) is 16.8 Å². The Hall–Kier alpha value is -2.35. The Morgan fingerprint density at radius 2 is 1.77 bits per heavy atom. The Bertz CT molecular complexity index is 1150. The molecule has 0 fully saturated rings. The molecule has 2 nitrogen and oxygen atoms in total. The van der Waals surface area contributed by atoms with Gasteiger partial charge in [0.2, 0.25) is 0 Å². The Balaban J connectivity index is 2.03. The lowest BCUT2D eigenvalue weighted by molar-refractivity contribution is 0.276. The summed E-state index contributed by atoms with van der Waals surface area (Å²) in [5.41, 5.74) is 3.91. The van der Waals surface area contributed by atoms with Gasteiger partial charge in [0.25, 0.3) is 0 Å². The zero-order chi connectivity index (χ0) is 23.0. The minimum absolute atomic E-state index is 0.210. The molecular formula is C24H28N2. The van der Waals surface area contributed by atoms with Gasteiger partial charge in [-0.2, -0.15) is 5.10 Å². The predicted octanol–water partition coefficient (Wildman–Crippen LogP) is 6.06. The molecule has 1 aliphatic heterocycles. The molecule has 0 spiro atoms. The number of rotatable bonds is 3. The fourth-order valence-corrected chi connectivity index (χ4v) is 3.94. The van der Waals surface area contributed by atoms with Crippen LogP contribution in [-0.2, 0) is 17.2 Å². The lowest BCUT2D eigenvalue weighted by Gasteiger charge is -2.47. The van der Waals surface area contributed by atoms with Gasteiger partial charge in [-0.05, 0) is 29.1 Å². The molecular weight excluding hydrogens is 316 g/mol. The number of hydrogen-bond donors (Lipinski definition) is 0. The third-order valence-corrected chi connectivity index (χ3v) is 6.09. The fraction of sp³-hybridized carbons (Fsp3) is 0.375. The molecule has 0 amide bonds. The van der Waals surface area contributed by atoms with Crippen molar-refractivity contribution in [2.45, 2.75) is 58.2 Å². The molecule has 4 rings (SSSR count). The Morgan fingerprint density at radius 1 is 1.04 bits per heavy atom. The topological polar surface area (TPSA) is 17.8 Å². The summed E-state index contributed by atoms with van der Waals surface area (Å²) in [6.45, 7) is 9.79. The van der Waals surface area contributed by atoms with E-state index in [1.54, 1.807) is 12.1 Å². The lowest BCUT2D eigenvalue weighted by Crippen LogP contribution is -2.46. The zero-order valence-electron chi connectivity index (χ0n) is 21.0. The van der Waals surface area contributed by atoms with Crippen molar-refractivity contribution in [3.63, 3.8) is 0 Å². The quantitative estimate of drug-likeness (QED) is 0.562. The zero-order valence-corrected chi connectivity index (χ0v) is 16.0. The highest BCUT2D eigenvalue weighted by Crippen LogP contribution is 2.52. The van der Waals surface area contributed by atoms with Crippen molar-refractivity contribution in [2.75, 3.05) is 0 Å². The summed E-state index contributed by atoms with van der Waals surface area (Å²) in [7, 11) is 0. The predicted molar refractivity (Wildman–Crippen MR) is 109 cm³/mol. The van der Waals surface area contributed by atoms with Crippen LogP contribution >= 0.6 is 0 Å². The van der Waals surface area contributed by atoms with E-state index in [1.165, 1.54) is 6.92 Å². The number of fused-ring (bicyclic) bond motifs is 3. The lowest BCUT2D eigenvalue weighted by atomic mass is 9.59. The molecule has 1 aliphatic rings. The highest BCUT2D eigenvalue weighted by Gasteiger charge is 2.48. The first-order chi connectivity index (χ1) is 14.2. The number of hydrogen-bond acceptors (Lipinski definition) is 1. The fourth-order valence-electron chi connectivity index (χ4n) is 3.94. The van der Waals surface area contributed by atoms with E-state index < -0.39 is 23.6 Å². The first-order valence-corrected chi connectivity index (χ1v) is 9.02. The van der Waals surface area contributed by atoms with Crippen LogP contribution < -0.4 is 0 Å². The van der Waals surface area contributed by atoms with Crippen molar-refractivity contribution in [3.05, 3.63) is 71.5 Å². The number of aromatic nitrogens is 2. The molecule has 0 radical (unpaired) electrons. The molecule has 2 heteroatoms. The van der Waals surface area contributed by atoms with Gasteiger partial charge in [0.1, 0.15) is 0 Å². The maximum atomic E-state index is 8.63. The maximum absolute atomic E-state index is 8.63. The van der Waals surface area contributed by atoms with Gasteiger partial charge in [0, 0.05) is 21.9 Å². The normalized spacial score (nSPS) is 20.7. The molecule has 0 N–H and O–H groups in total. The summed E-state index contributed by atoms with van der Waals surface area (Å²) >= 11 is 0. The van der Waals surface area contributed by atoms with E-state index in [1.807, 2.05) is 41.1 Å². The van der Waals surface area contributed by atoms with Crippen LogP contribution in [0, 0.1) is 0 Å². The van der Waals surface area contributed by atoms with Gasteiger partial charge >= 0.3 is 0 Å². The van der Waals surface area contributed by atoms with E-state index in [2.05, 4.69) is 32.8 Å². The second kappa shape index (κ2) is 5.84. The van der Waals surface area contributed by atoms with Crippen molar-refractivity contribution >= 4 is 0 Å². The van der Waals surface area contributed by atoms with Gasteiger partial charge in [-0.1, -0.05) is 83.5 Å². The summed E-state index contributed by atoms with van der Waals surface area (Å²) in [5.74, 6) is 0. The second-order valence-corrected chi connectivity index (χ2v) is 7.97. The Kier molecular flexibility index (Phi) is 2.72. The average Bonchev–Trinajstić information content (AvgIpc) is 3.04. The van der Waals surface area contributed by atoms with Crippen LogP contribution in [0.4, 0.5) is 0 Å². The van der Waals surface area contributed by atoms with Crippen molar-refractivity contribution in [2.24, 2.45) is 0 Å². The monoisotopic (exact) mass is 349 g/mol. The molecule has 3 aromatic rings. The van der Waals surface area contributed by atoms with Crippen LogP contribution in [0.1, 0.15) is 64.7 Å². The standard InChI is InChI=1S/C24H28N2/c1-6-10-17-13-14-21-20(15-17)23(2,3)24(4,5)22-19(16-25-26(21)22)18-11-8-7-9-12-18/h7-9,11-16H,6,10H2,1-5H3/i6D2,10D2,16D. The summed E-state index contributed by atoms with van der Waals surface area (Å²) in [5, 5.41) is 4.59. The number of benzene rings is 2. The molecule has 0 saturated carbocycles. The van der Waals surface area contributed by atoms with E-state index >= 15 is 0 Å². The smallest absolute Gasteiger partial charge is 0.0867 e. The van der Waals surface area contributed by atoms with Gasteiger partial charge < -0.3 is 0 Å². The van der Waals surface area contributed by atoms with Crippen LogP contribution in [-0.4, -0.2) is 9.78 Å². The average molecular weight is 350 g/mol. The molecule has 1 aromatic heterocycles. The minimum Gasteiger partial charge on any atom is -0.236 e.